The molecule has 7 heteroatoms. The van der Waals surface area contributed by atoms with Gasteiger partial charge in [-0.2, -0.15) is 0 Å². The standard InChI is InChI=1S/C22H21FN2O3S/c1-14-21(29-20(24-14)13-28-17-7-5-16(23)6-8-17)22(26)25-11-3-4-15-12-18(27-2)9-10-19(15)25/h5-10,12H,3-4,11,13H2,1-2H3. The Labute approximate surface area is 172 Å². The third-order valence-electron chi connectivity index (χ3n) is 4.86. The van der Waals surface area contributed by atoms with Gasteiger partial charge in [0.15, 0.2) is 0 Å². The summed E-state index contributed by atoms with van der Waals surface area (Å²) in [5, 5.41) is 0.710. The van der Waals surface area contributed by atoms with Crippen molar-refractivity contribution in [3.8, 4) is 11.5 Å². The van der Waals surface area contributed by atoms with Crippen molar-refractivity contribution in [1.29, 1.82) is 0 Å². The minimum atomic E-state index is -0.310. The summed E-state index contributed by atoms with van der Waals surface area (Å²) in [4.78, 5) is 20.2. The summed E-state index contributed by atoms with van der Waals surface area (Å²) >= 11 is 1.34. The SMILES string of the molecule is COc1ccc2c(c1)CCCN2C(=O)c1sc(COc2ccc(F)cc2)nc1C. The van der Waals surface area contributed by atoms with E-state index in [1.165, 1.54) is 23.5 Å². The summed E-state index contributed by atoms with van der Waals surface area (Å²) in [6.45, 7) is 2.75. The Morgan fingerprint density at radius 2 is 1.97 bits per heavy atom. The lowest BCUT2D eigenvalue weighted by atomic mass is 10.0. The van der Waals surface area contributed by atoms with Crippen molar-refractivity contribution >= 4 is 22.9 Å². The van der Waals surface area contributed by atoms with E-state index in [2.05, 4.69) is 4.98 Å². The van der Waals surface area contributed by atoms with Crippen LogP contribution in [0.1, 0.15) is 32.4 Å². The molecule has 1 amide bonds. The molecule has 2 heterocycles. The molecule has 0 unspecified atom stereocenters. The van der Waals surface area contributed by atoms with E-state index >= 15 is 0 Å². The molecular formula is C22H21FN2O3S. The normalized spacial score (nSPS) is 13.1. The predicted octanol–water partition coefficient (Wildman–Crippen LogP) is 4.77. The van der Waals surface area contributed by atoms with E-state index in [9.17, 15) is 9.18 Å². The number of carbonyl (C=O) groups excluding carboxylic acids is 1. The highest BCUT2D eigenvalue weighted by molar-refractivity contribution is 7.13. The number of ether oxygens (including phenoxy) is 2. The quantitative estimate of drug-likeness (QED) is 0.606. The molecule has 29 heavy (non-hydrogen) atoms. The van der Waals surface area contributed by atoms with Crippen molar-refractivity contribution in [2.45, 2.75) is 26.4 Å². The minimum Gasteiger partial charge on any atom is -0.497 e. The molecule has 0 N–H and O–H groups in total. The van der Waals surface area contributed by atoms with Gasteiger partial charge in [-0.1, -0.05) is 0 Å². The van der Waals surface area contributed by atoms with Crippen LogP contribution in [-0.2, 0) is 13.0 Å². The van der Waals surface area contributed by atoms with Gasteiger partial charge >= 0.3 is 0 Å². The highest BCUT2D eigenvalue weighted by atomic mass is 32.1. The van der Waals surface area contributed by atoms with Crippen LogP contribution in [0.2, 0.25) is 0 Å². The largest absolute Gasteiger partial charge is 0.497 e. The van der Waals surface area contributed by atoms with Crippen LogP contribution < -0.4 is 14.4 Å². The van der Waals surface area contributed by atoms with Crippen LogP contribution in [0.3, 0.4) is 0 Å². The maximum Gasteiger partial charge on any atom is 0.270 e. The van der Waals surface area contributed by atoms with Crippen LogP contribution >= 0.6 is 11.3 Å². The Morgan fingerprint density at radius 1 is 1.21 bits per heavy atom. The van der Waals surface area contributed by atoms with Crippen molar-refractivity contribution in [2.75, 3.05) is 18.6 Å². The number of benzene rings is 2. The lowest BCUT2D eigenvalue weighted by Gasteiger charge is -2.29. The molecule has 0 saturated heterocycles. The molecule has 0 fully saturated rings. The fraction of sp³-hybridized carbons (Fsp3) is 0.273. The number of carbonyl (C=O) groups is 1. The van der Waals surface area contributed by atoms with E-state index in [1.807, 2.05) is 30.0 Å². The van der Waals surface area contributed by atoms with Crippen LogP contribution in [-0.4, -0.2) is 24.5 Å². The molecule has 0 radical (unpaired) electrons. The van der Waals surface area contributed by atoms with Crippen molar-refractivity contribution in [3.05, 3.63) is 69.4 Å². The van der Waals surface area contributed by atoms with Gasteiger partial charge in [-0.3, -0.25) is 4.79 Å². The first-order chi connectivity index (χ1) is 14.0. The number of rotatable bonds is 5. The number of thiazole rings is 1. The predicted molar refractivity (Wildman–Crippen MR) is 111 cm³/mol. The first-order valence-corrected chi connectivity index (χ1v) is 10.2. The highest BCUT2D eigenvalue weighted by Crippen LogP contribution is 2.33. The topological polar surface area (TPSA) is 51.7 Å². The number of halogens is 1. The van der Waals surface area contributed by atoms with E-state index < -0.39 is 0 Å². The van der Waals surface area contributed by atoms with E-state index in [1.54, 1.807) is 19.2 Å². The Kier molecular flexibility index (Phi) is 5.49. The third-order valence-corrected chi connectivity index (χ3v) is 5.98. The Balaban J connectivity index is 1.52. The zero-order valence-electron chi connectivity index (χ0n) is 16.3. The van der Waals surface area contributed by atoms with E-state index in [4.69, 9.17) is 9.47 Å². The summed E-state index contributed by atoms with van der Waals surface area (Å²) in [7, 11) is 1.64. The second-order valence-electron chi connectivity index (χ2n) is 6.82. The fourth-order valence-corrected chi connectivity index (χ4v) is 4.35. The molecule has 0 atom stereocenters. The second kappa shape index (κ2) is 8.21. The van der Waals surface area contributed by atoms with E-state index in [0.29, 0.717) is 27.9 Å². The number of aryl methyl sites for hydroxylation is 2. The summed E-state index contributed by atoms with van der Waals surface area (Å²) in [5.41, 5.74) is 2.74. The average Bonchev–Trinajstić information content (AvgIpc) is 3.12. The molecule has 0 bridgehead atoms. The summed E-state index contributed by atoms with van der Waals surface area (Å²) in [6.07, 6.45) is 1.83. The molecule has 1 aliphatic rings. The van der Waals surface area contributed by atoms with E-state index in [-0.39, 0.29) is 18.3 Å². The lowest BCUT2D eigenvalue weighted by Crippen LogP contribution is -2.35. The van der Waals surface area contributed by atoms with Gasteiger partial charge in [0.25, 0.3) is 5.91 Å². The van der Waals surface area contributed by atoms with Crippen LogP contribution in [0.4, 0.5) is 10.1 Å². The smallest absolute Gasteiger partial charge is 0.270 e. The summed E-state index contributed by atoms with van der Waals surface area (Å²) < 4.78 is 24.0. The molecule has 4 rings (SSSR count). The van der Waals surface area contributed by atoms with Gasteiger partial charge in [0, 0.05) is 12.2 Å². The average molecular weight is 412 g/mol. The number of hydrogen-bond acceptors (Lipinski definition) is 5. The van der Waals surface area contributed by atoms with E-state index in [0.717, 1.165) is 29.8 Å². The number of amides is 1. The molecule has 5 nitrogen and oxygen atoms in total. The minimum absolute atomic E-state index is 0.0425. The molecule has 3 aromatic rings. The van der Waals surface area contributed by atoms with Crippen LogP contribution in [0.25, 0.3) is 0 Å². The Morgan fingerprint density at radius 3 is 2.72 bits per heavy atom. The van der Waals surface area contributed by atoms with Crippen LogP contribution in [0.5, 0.6) is 11.5 Å². The number of aromatic nitrogens is 1. The number of hydrogen-bond donors (Lipinski definition) is 0. The van der Waals surface area contributed by atoms with Crippen LogP contribution in [0.15, 0.2) is 42.5 Å². The van der Waals surface area contributed by atoms with Gasteiger partial charge in [0.2, 0.25) is 0 Å². The Hall–Kier alpha value is -2.93. The molecule has 2 aromatic carbocycles. The van der Waals surface area contributed by atoms with Gasteiger partial charge in [-0.25, -0.2) is 9.37 Å². The van der Waals surface area contributed by atoms with Gasteiger partial charge in [0.05, 0.1) is 12.8 Å². The first-order valence-electron chi connectivity index (χ1n) is 9.38. The van der Waals surface area contributed by atoms with Gasteiger partial charge in [-0.05, 0) is 67.8 Å². The van der Waals surface area contributed by atoms with Gasteiger partial charge < -0.3 is 14.4 Å². The van der Waals surface area contributed by atoms with Crippen molar-refractivity contribution in [2.24, 2.45) is 0 Å². The van der Waals surface area contributed by atoms with Crippen molar-refractivity contribution in [1.82, 2.24) is 4.98 Å². The fourth-order valence-electron chi connectivity index (χ4n) is 3.42. The van der Waals surface area contributed by atoms with Crippen LogP contribution in [0, 0.1) is 12.7 Å². The molecule has 1 aliphatic heterocycles. The summed E-state index contributed by atoms with van der Waals surface area (Å²) in [6, 6.07) is 11.7. The first kappa shape index (κ1) is 19.4. The number of methoxy groups -OCH3 is 1. The second-order valence-corrected chi connectivity index (χ2v) is 7.90. The molecule has 0 spiro atoms. The molecule has 0 aliphatic carbocycles. The Bertz CT molecular complexity index is 1030. The lowest BCUT2D eigenvalue weighted by molar-refractivity contribution is 0.0988. The van der Waals surface area contributed by atoms with Crippen molar-refractivity contribution in [3.63, 3.8) is 0 Å². The van der Waals surface area contributed by atoms with Crippen molar-refractivity contribution < 1.29 is 18.7 Å². The zero-order valence-corrected chi connectivity index (χ0v) is 17.1. The maximum atomic E-state index is 13.2. The third kappa shape index (κ3) is 4.10. The van der Waals surface area contributed by atoms with Gasteiger partial charge in [0.1, 0.15) is 33.8 Å². The molecular weight excluding hydrogens is 391 g/mol. The number of nitrogens with zero attached hydrogens (tertiary/aromatic N) is 2. The molecule has 150 valence electrons. The number of anilines is 1. The zero-order chi connectivity index (χ0) is 20.4. The van der Waals surface area contributed by atoms with Gasteiger partial charge in [-0.15, -0.1) is 11.3 Å². The molecule has 1 aromatic heterocycles. The summed E-state index contributed by atoms with van der Waals surface area (Å²) in [5.74, 6) is 1.01. The maximum absolute atomic E-state index is 13.2. The highest BCUT2D eigenvalue weighted by Gasteiger charge is 2.27. The number of fused-ring (bicyclic) bond motifs is 1. The molecule has 0 saturated carbocycles. The monoisotopic (exact) mass is 412 g/mol.